The van der Waals surface area contributed by atoms with Crippen molar-refractivity contribution in [2.45, 2.75) is 0 Å². The summed E-state index contributed by atoms with van der Waals surface area (Å²) in [5, 5.41) is 0. The van der Waals surface area contributed by atoms with Crippen molar-refractivity contribution in [1.82, 2.24) is 4.98 Å². The van der Waals surface area contributed by atoms with Crippen LogP contribution in [0, 0.1) is 0 Å². The van der Waals surface area contributed by atoms with Crippen molar-refractivity contribution >= 4 is 12.2 Å². The quantitative estimate of drug-likeness (QED) is 0.777. The standard InChI is InChI=1S/C14H13NO/c1-16-14-4-2-3-13(11-14)6-5-12-7-9-15-10-8-12/h2-11H,1H3/b6-5-. The van der Waals surface area contributed by atoms with Crippen LogP contribution in [0.25, 0.3) is 12.2 Å². The molecule has 2 aromatic rings. The lowest BCUT2D eigenvalue weighted by Gasteiger charge is -1.99. The molecule has 0 atom stereocenters. The van der Waals surface area contributed by atoms with Crippen molar-refractivity contribution in [3.8, 4) is 5.75 Å². The zero-order valence-corrected chi connectivity index (χ0v) is 9.13. The average molecular weight is 211 g/mol. The predicted octanol–water partition coefficient (Wildman–Crippen LogP) is 3.26. The molecule has 0 saturated carbocycles. The van der Waals surface area contributed by atoms with Crippen LogP contribution in [0.4, 0.5) is 0 Å². The van der Waals surface area contributed by atoms with Gasteiger partial charge in [-0.1, -0.05) is 24.3 Å². The molecule has 0 saturated heterocycles. The normalized spacial score (nSPS) is 10.6. The van der Waals surface area contributed by atoms with E-state index in [-0.39, 0.29) is 0 Å². The number of nitrogens with zero attached hydrogens (tertiary/aromatic N) is 1. The highest BCUT2D eigenvalue weighted by Gasteiger charge is 1.91. The molecular weight excluding hydrogens is 198 g/mol. The Labute approximate surface area is 95.2 Å². The Morgan fingerprint density at radius 2 is 1.75 bits per heavy atom. The molecule has 0 bridgehead atoms. The van der Waals surface area contributed by atoms with Gasteiger partial charge in [0.2, 0.25) is 0 Å². The molecule has 0 spiro atoms. The summed E-state index contributed by atoms with van der Waals surface area (Å²) >= 11 is 0. The van der Waals surface area contributed by atoms with Crippen LogP contribution >= 0.6 is 0 Å². The fourth-order valence-electron chi connectivity index (χ4n) is 1.41. The number of methoxy groups -OCH3 is 1. The first-order valence-corrected chi connectivity index (χ1v) is 5.10. The van der Waals surface area contributed by atoms with Gasteiger partial charge in [-0.3, -0.25) is 4.98 Å². The Morgan fingerprint density at radius 1 is 1.00 bits per heavy atom. The third-order valence-corrected chi connectivity index (χ3v) is 2.27. The van der Waals surface area contributed by atoms with Gasteiger partial charge in [-0.15, -0.1) is 0 Å². The topological polar surface area (TPSA) is 22.1 Å². The first kappa shape index (κ1) is 10.4. The molecule has 1 aromatic carbocycles. The van der Waals surface area contributed by atoms with Gasteiger partial charge < -0.3 is 4.74 Å². The van der Waals surface area contributed by atoms with Crippen LogP contribution in [0.15, 0.2) is 48.8 Å². The smallest absolute Gasteiger partial charge is 0.119 e. The van der Waals surface area contributed by atoms with Crippen molar-refractivity contribution in [2.75, 3.05) is 7.11 Å². The SMILES string of the molecule is COc1cccc(/C=C\c2ccncc2)c1. The average Bonchev–Trinajstić information content (AvgIpc) is 2.38. The highest BCUT2D eigenvalue weighted by atomic mass is 16.5. The second-order valence-corrected chi connectivity index (χ2v) is 3.39. The highest BCUT2D eigenvalue weighted by molar-refractivity contribution is 5.69. The molecule has 0 aliphatic carbocycles. The Kier molecular flexibility index (Phi) is 3.34. The molecule has 0 aliphatic heterocycles. The Balaban J connectivity index is 2.17. The van der Waals surface area contributed by atoms with Gasteiger partial charge in [0.15, 0.2) is 0 Å². The Bertz CT molecular complexity index is 477. The van der Waals surface area contributed by atoms with E-state index in [1.807, 2.05) is 36.4 Å². The van der Waals surface area contributed by atoms with Gasteiger partial charge in [0.25, 0.3) is 0 Å². The Morgan fingerprint density at radius 3 is 2.50 bits per heavy atom. The van der Waals surface area contributed by atoms with Crippen molar-refractivity contribution in [2.24, 2.45) is 0 Å². The summed E-state index contributed by atoms with van der Waals surface area (Å²) < 4.78 is 5.16. The molecular formula is C14H13NO. The lowest BCUT2D eigenvalue weighted by molar-refractivity contribution is 0.414. The van der Waals surface area contributed by atoms with Gasteiger partial charge in [-0.25, -0.2) is 0 Å². The van der Waals surface area contributed by atoms with E-state index in [9.17, 15) is 0 Å². The summed E-state index contributed by atoms with van der Waals surface area (Å²) in [6, 6.07) is 11.9. The molecule has 80 valence electrons. The maximum Gasteiger partial charge on any atom is 0.119 e. The van der Waals surface area contributed by atoms with Gasteiger partial charge in [-0.05, 0) is 35.4 Å². The molecule has 0 fully saturated rings. The maximum absolute atomic E-state index is 5.16. The van der Waals surface area contributed by atoms with E-state index in [2.05, 4.69) is 17.1 Å². The number of rotatable bonds is 3. The highest BCUT2D eigenvalue weighted by Crippen LogP contribution is 2.14. The molecule has 2 heteroatoms. The van der Waals surface area contributed by atoms with Crippen LogP contribution in [-0.4, -0.2) is 12.1 Å². The number of pyridine rings is 1. The summed E-state index contributed by atoms with van der Waals surface area (Å²) in [5.41, 5.74) is 2.26. The molecule has 0 radical (unpaired) electrons. The minimum absolute atomic E-state index is 0.872. The molecule has 16 heavy (non-hydrogen) atoms. The van der Waals surface area contributed by atoms with Gasteiger partial charge in [0.1, 0.15) is 5.75 Å². The van der Waals surface area contributed by atoms with E-state index in [1.54, 1.807) is 19.5 Å². The first-order valence-electron chi connectivity index (χ1n) is 5.10. The van der Waals surface area contributed by atoms with Crippen LogP contribution in [0.5, 0.6) is 5.75 Å². The number of hydrogen-bond donors (Lipinski definition) is 0. The van der Waals surface area contributed by atoms with Gasteiger partial charge in [0, 0.05) is 12.4 Å². The summed E-state index contributed by atoms with van der Waals surface area (Å²) in [7, 11) is 1.67. The molecule has 1 heterocycles. The second-order valence-electron chi connectivity index (χ2n) is 3.39. The van der Waals surface area contributed by atoms with Crippen molar-refractivity contribution in [3.05, 3.63) is 59.9 Å². The number of ether oxygens (including phenoxy) is 1. The van der Waals surface area contributed by atoms with Crippen LogP contribution < -0.4 is 4.74 Å². The summed E-state index contributed by atoms with van der Waals surface area (Å²) in [4.78, 5) is 3.97. The van der Waals surface area contributed by atoms with E-state index >= 15 is 0 Å². The molecule has 1 aromatic heterocycles. The fourth-order valence-corrected chi connectivity index (χ4v) is 1.41. The molecule has 0 N–H and O–H groups in total. The van der Waals surface area contributed by atoms with Crippen molar-refractivity contribution in [1.29, 1.82) is 0 Å². The van der Waals surface area contributed by atoms with Gasteiger partial charge >= 0.3 is 0 Å². The minimum atomic E-state index is 0.872. The van der Waals surface area contributed by atoms with E-state index in [0.29, 0.717) is 0 Å². The lowest BCUT2D eigenvalue weighted by atomic mass is 10.1. The van der Waals surface area contributed by atoms with Crippen LogP contribution in [-0.2, 0) is 0 Å². The molecule has 2 rings (SSSR count). The zero-order chi connectivity index (χ0) is 11.2. The third-order valence-electron chi connectivity index (χ3n) is 2.27. The fraction of sp³-hybridized carbons (Fsp3) is 0.0714. The predicted molar refractivity (Wildman–Crippen MR) is 66.2 cm³/mol. The van der Waals surface area contributed by atoms with E-state index in [1.165, 1.54) is 0 Å². The molecule has 2 nitrogen and oxygen atoms in total. The van der Waals surface area contributed by atoms with E-state index in [4.69, 9.17) is 4.74 Å². The van der Waals surface area contributed by atoms with Gasteiger partial charge in [-0.2, -0.15) is 0 Å². The van der Waals surface area contributed by atoms with E-state index < -0.39 is 0 Å². The summed E-state index contributed by atoms with van der Waals surface area (Å²) in [6.07, 6.45) is 7.67. The molecule has 0 aliphatic rings. The van der Waals surface area contributed by atoms with Crippen LogP contribution in [0.1, 0.15) is 11.1 Å². The lowest BCUT2D eigenvalue weighted by Crippen LogP contribution is -1.82. The van der Waals surface area contributed by atoms with Crippen LogP contribution in [0.2, 0.25) is 0 Å². The monoisotopic (exact) mass is 211 g/mol. The van der Waals surface area contributed by atoms with Crippen molar-refractivity contribution in [3.63, 3.8) is 0 Å². The largest absolute Gasteiger partial charge is 0.497 e. The number of aromatic nitrogens is 1. The molecule has 0 unspecified atom stereocenters. The minimum Gasteiger partial charge on any atom is -0.497 e. The number of hydrogen-bond acceptors (Lipinski definition) is 2. The summed E-state index contributed by atoms with van der Waals surface area (Å²) in [6.45, 7) is 0. The Hall–Kier alpha value is -2.09. The third kappa shape index (κ3) is 2.70. The van der Waals surface area contributed by atoms with Crippen LogP contribution in [0.3, 0.4) is 0 Å². The van der Waals surface area contributed by atoms with E-state index in [0.717, 1.165) is 16.9 Å². The van der Waals surface area contributed by atoms with Crippen molar-refractivity contribution < 1.29 is 4.74 Å². The number of benzene rings is 1. The molecule has 0 amide bonds. The first-order chi connectivity index (χ1) is 7.88. The maximum atomic E-state index is 5.16. The zero-order valence-electron chi connectivity index (χ0n) is 9.13. The second kappa shape index (κ2) is 5.12. The summed E-state index contributed by atoms with van der Waals surface area (Å²) in [5.74, 6) is 0.872. The van der Waals surface area contributed by atoms with Gasteiger partial charge in [0.05, 0.1) is 7.11 Å².